The molecule has 4 heteroatoms. The third-order valence-corrected chi connectivity index (χ3v) is 2.92. The van der Waals surface area contributed by atoms with Crippen LogP contribution < -0.4 is 11.1 Å². The Hall–Kier alpha value is -1.94. The molecular formula is C15H20N4. The molecule has 2 aromatic rings. The highest BCUT2D eigenvalue weighted by Crippen LogP contribution is 2.19. The van der Waals surface area contributed by atoms with Crippen LogP contribution in [0.4, 0.5) is 11.5 Å². The summed E-state index contributed by atoms with van der Waals surface area (Å²) in [4.78, 5) is 8.59. The summed E-state index contributed by atoms with van der Waals surface area (Å²) in [5.41, 5.74) is 7.87. The van der Waals surface area contributed by atoms with Gasteiger partial charge >= 0.3 is 0 Å². The van der Waals surface area contributed by atoms with Gasteiger partial charge in [0.1, 0.15) is 11.6 Å². The first-order valence-electron chi connectivity index (χ1n) is 6.58. The summed E-state index contributed by atoms with van der Waals surface area (Å²) >= 11 is 0. The second-order valence-corrected chi connectivity index (χ2v) is 4.80. The molecule has 0 unspecified atom stereocenters. The quantitative estimate of drug-likeness (QED) is 0.863. The number of aromatic nitrogens is 2. The second-order valence-electron chi connectivity index (χ2n) is 4.80. The molecule has 1 aromatic heterocycles. The molecule has 0 bridgehead atoms. The van der Waals surface area contributed by atoms with Crippen LogP contribution in [0.2, 0.25) is 0 Å². The summed E-state index contributed by atoms with van der Waals surface area (Å²) in [5.74, 6) is 2.12. The topological polar surface area (TPSA) is 63.8 Å². The Labute approximate surface area is 114 Å². The number of rotatable bonds is 5. The van der Waals surface area contributed by atoms with E-state index in [-0.39, 0.29) is 0 Å². The molecule has 1 aromatic carbocycles. The molecule has 100 valence electrons. The van der Waals surface area contributed by atoms with E-state index in [1.54, 1.807) is 6.20 Å². The van der Waals surface area contributed by atoms with E-state index >= 15 is 0 Å². The van der Waals surface area contributed by atoms with E-state index in [0.717, 1.165) is 17.3 Å². The van der Waals surface area contributed by atoms with Gasteiger partial charge in [-0.3, -0.25) is 0 Å². The smallest absolute Gasteiger partial charge is 0.134 e. The zero-order valence-electron chi connectivity index (χ0n) is 11.4. The zero-order valence-corrected chi connectivity index (χ0v) is 11.4. The average molecular weight is 256 g/mol. The van der Waals surface area contributed by atoms with Crippen molar-refractivity contribution >= 4 is 11.5 Å². The normalized spacial score (nSPS) is 10.7. The maximum absolute atomic E-state index is 5.51. The minimum Gasteiger partial charge on any atom is -0.340 e. The first-order chi connectivity index (χ1) is 9.19. The lowest BCUT2D eigenvalue weighted by atomic mass is 10.0. The van der Waals surface area contributed by atoms with Gasteiger partial charge in [0.2, 0.25) is 0 Å². The molecule has 0 amide bonds. The molecule has 1 heterocycles. The standard InChI is InChI=1S/C15H20N4/c1-11(2)12-3-5-13(6-4-12)18-15-8-10-17-14(19-15)7-9-16/h3-6,8,10-11H,7,9,16H2,1-2H3,(H,17,18,19). The van der Waals surface area contributed by atoms with Crippen molar-refractivity contribution in [1.29, 1.82) is 0 Å². The summed E-state index contributed by atoms with van der Waals surface area (Å²) < 4.78 is 0. The van der Waals surface area contributed by atoms with Crippen molar-refractivity contribution < 1.29 is 0 Å². The van der Waals surface area contributed by atoms with Crippen LogP contribution in [0.3, 0.4) is 0 Å². The molecule has 0 saturated carbocycles. The molecule has 0 aliphatic heterocycles. The van der Waals surface area contributed by atoms with Crippen LogP contribution in [0.15, 0.2) is 36.5 Å². The van der Waals surface area contributed by atoms with Gasteiger partial charge in [-0.15, -0.1) is 0 Å². The fourth-order valence-corrected chi connectivity index (χ4v) is 1.82. The van der Waals surface area contributed by atoms with Crippen molar-refractivity contribution in [1.82, 2.24) is 9.97 Å². The monoisotopic (exact) mass is 256 g/mol. The zero-order chi connectivity index (χ0) is 13.7. The maximum Gasteiger partial charge on any atom is 0.134 e. The molecule has 0 saturated heterocycles. The van der Waals surface area contributed by atoms with E-state index in [4.69, 9.17) is 5.73 Å². The van der Waals surface area contributed by atoms with Gasteiger partial charge < -0.3 is 11.1 Å². The van der Waals surface area contributed by atoms with Gasteiger partial charge in [-0.25, -0.2) is 9.97 Å². The molecule has 0 aliphatic carbocycles. The fourth-order valence-electron chi connectivity index (χ4n) is 1.82. The number of nitrogens with one attached hydrogen (secondary N) is 1. The number of anilines is 2. The van der Waals surface area contributed by atoms with Crippen LogP contribution in [-0.4, -0.2) is 16.5 Å². The van der Waals surface area contributed by atoms with Crippen LogP contribution >= 0.6 is 0 Å². The van der Waals surface area contributed by atoms with E-state index in [0.29, 0.717) is 18.9 Å². The Kier molecular flexibility index (Phi) is 4.47. The van der Waals surface area contributed by atoms with Crippen LogP contribution in [0.5, 0.6) is 0 Å². The molecule has 0 radical (unpaired) electrons. The Morgan fingerprint density at radius 1 is 1.16 bits per heavy atom. The number of hydrogen-bond acceptors (Lipinski definition) is 4. The summed E-state index contributed by atoms with van der Waals surface area (Å²) in [6, 6.07) is 10.3. The van der Waals surface area contributed by atoms with Crippen molar-refractivity contribution in [2.75, 3.05) is 11.9 Å². The van der Waals surface area contributed by atoms with Crippen LogP contribution in [-0.2, 0) is 6.42 Å². The molecule has 3 N–H and O–H groups in total. The second kappa shape index (κ2) is 6.29. The average Bonchev–Trinajstić information content (AvgIpc) is 2.40. The van der Waals surface area contributed by atoms with Gasteiger partial charge in [0, 0.05) is 18.3 Å². The van der Waals surface area contributed by atoms with Crippen molar-refractivity contribution in [3.63, 3.8) is 0 Å². The predicted molar refractivity (Wildman–Crippen MR) is 78.6 cm³/mol. The lowest BCUT2D eigenvalue weighted by Crippen LogP contribution is -2.07. The molecule has 0 aliphatic rings. The Morgan fingerprint density at radius 2 is 1.89 bits per heavy atom. The molecule has 0 atom stereocenters. The van der Waals surface area contributed by atoms with E-state index in [1.807, 2.05) is 6.07 Å². The number of hydrogen-bond donors (Lipinski definition) is 2. The van der Waals surface area contributed by atoms with Crippen molar-refractivity contribution in [2.45, 2.75) is 26.2 Å². The molecule has 19 heavy (non-hydrogen) atoms. The summed E-state index contributed by atoms with van der Waals surface area (Å²) in [6.45, 7) is 4.93. The maximum atomic E-state index is 5.51. The van der Waals surface area contributed by atoms with Gasteiger partial charge in [-0.2, -0.15) is 0 Å². The SMILES string of the molecule is CC(C)c1ccc(Nc2ccnc(CCN)n2)cc1. The highest BCUT2D eigenvalue weighted by molar-refractivity contribution is 5.56. The molecule has 0 spiro atoms. The van der Waals surface area contributed by atoms with Crippen molar-refractivity contribution in [3.05, 3.63) is 47.9 Å². The van der Waals surface area contributed by atoms with Crippen LogP contribution in [0.1, 0.15) is 31.2 Å². The third-order valence-electron chi connectivity index (χ3n) is 2.92. The van der Waals surface area contributed by atoms with Gasteiger partial charge in [0.05, 0.1) is 0 Å². The Bertz CT molecular complexity index is 520. The molecule has 4 nitrogen and oxygen atoms in total. The minimum atomic E-state index is 0.546. The first-order valence-corrected chi connectivity index (χ1v) is 6.58. The molecule has 0 fully saturated rings. The summed E-state index contributed by atoms with van der Waals surface area (Å²) in [5, 5.41) is 3.28. The van der Waals surface area contributed by atoms with Crippen molar-refractivity contribution in [2.24, 2.45) is 5.73 Å². The van der Waals surface area contributed by atoms with Crippen LogP contribution in [0.25, 0.3) is 0 Å². The fraction of sp³-hybridized carbons (Fsp3) is 0.333. The van der Waals surface area contributed by atoms with E-state index < -0.39 is 0 Å². The highest BCUT2D eigenvalue weighted by Gasteiger charge is 2.01. The summed E-state index contributed by atoms with van der Waals surface area (Å²) in [7, 11) is 0. The Morgan fingerprint density at radius 3 is 2.53 bits per heavy atom. The lowest BCUT2D eigenvalue weighted by molar-refractivity contribution is 0.866. The van der Waals surface area contributed by atoms with E-state index in [2.05, 4.69) is 53.4 Å². The van der Waals surface area contributed by atoms with E-state index in [1.165, 1.54) is 5.56 Å². The number of nitrogens with zero attached hydrogens (tertiary/aromatic N) is 2. The number of benzene rings is 1. The van der Waals surface area contributed by atoms with Gasteiger partial charge in [-0.1, -0.05) is 26.0 Å². The Balaban J connectivity index is 2.10. The minimum absolute atomic E-state index is 0.546. The molecular weight excluding hydrogens is 236 g/mol. The van der Waals surface area contributed by atoms with Gasteiger partial charge in [-0.05, 0) is 36.2 Å². The van der Waals surface area contributed by atoms with Crippen molar-refractivity contribution in [3.8, 4) is 0 Å². The predicted octanol–water partition coefficient (Wildman–Crippen LogP) is 2.84. The van der Waals surface area contributed by atoms with E-state index in [9.17, 15) is 0 Å². The lowest BCUT2D eigenvalue weighted by Gasteiger charge is -2.09. The first kappa shape index (κ1) is 13.5. The number of nitrogens with two attached hydrogens (primary N) is 1. The largest absolute Gasteiger partial charge is 0.340 e. The van der Waals surface area contributed by atoms with Gasteiger partial charge in [0.15, 0.2) is 0 Å². The van der Waals surface area contributed by atoms with Crippen LogP contribution in [0, 0.1) is 0 Å². The van der Waals surface area contributed by atoms with Gasteiger partial charge in [0.25, 0.3) is 0 Å². The third kappa shape index (κ3) is 3.76. The molecule has 2 rings (SSSR count). The summed E-state index contributed by atoms with van der Waals surface area (Å²) in [6.07, 6.45) is 2.45. The highest BCUT2D eigenvalue weighted by atomic mass is 15.0.